The molecule has 29 heavy (non-hydrogen) atoms. The SMILES string of the molecule is CC(=O)c1ccccc1NC(=O)CN1CCN(CC(=O)N2CCCCC2C)CC1. The third kappa shape index (κ3) is 5.87. The molecule has 2 aliphatic rings. The summed E-state index contributed by atoms with van der Waals surface area (Å²) in [6.07, 6.45) is 3.41. The Morgan fingerprint density at radius 3 is 2.28 bits per heavy atom. The van der Waals surface area contributed by atoms with Crippen LogP contribution < -0.4 is 5.32 Å². The quantitative estimate of drug-likeness (QED) is 0.738. The van der Waals surface area contributed by atoms with Crippen molar-refractivity contribution < 1.29 is 14.4 Å². The van der Waals surface area contributed by atoms with Gasteiger partial charge in [0.25, 0.3) is 0 Å². The van der Waals surface area contributed by atoms with Gasteiger partial charge < -0.3 is 10.2 Å². The molecule has 0 radical (unpaired) electrons. The van der Waals surface area contributed by atoms with Crippen LogP contribution in [0.2, 0.25) is 0 Å². The van der Waals surface area contributed by atoms with Crippen LogP contribution in [-0.2, 0) is 9.59 Å². The number of Topliss-reactive ketones (excluding diaryl/α,β-unsaturated/α-hetero) is 1. The summed E-state index contributed by atoms with van der Waals surface area (Å²) >= 11 is 0. The molecule has 2 fully saturated rings. The number of piperazine rings is 1. The Morgan fingerprint density at radius 1 is 0.966 bits per heavy atom. The highest BCUT2D eigenvalue weighted by molar-refractivity contribution is 6.04. The number of hydrogen-bond acceptors (Lipinski definition) is 5. The van der Waals surface area contributed by atoms with Crippen LogP contribution in [0.1, 0.15) is 43.5 Å². The van der Waals surface area contributed by atoms with Gasteiger partial charge in [0.2, 0.25) is 11.8 Å². The maximum Gasteiger partial charge on any atom is 0.238 e. The number of piperidine rings is 1. The largest absolute Gasteiger partial charge is 0.339 e. The number of amides is 2. The molecule has 2 aliphatic heterocycles. The molecule has 1 N–H and O–H groups in total. The highest BCUT2D eigenvalue weighted by Crippen LogP contribution is 2.17. The molecule has 0 saturated carbocycles. The Hall–Kier alpha value is -2.25. The van der Waals surface area contributed by atoms with Gasteiger partial charge in [-0.3, -0.25) is 24.2 Å². The summed E-state index contributed by atoms with van der Waals surface area (Å²) in [6.45, 7) is 8.34. The zero-order chi connectivity index (χ0) is 20.8. The van der Waals surface area contributed by atoms with E-state index in [0.29, 0.717) is 23.8 Å². The summed E-state index contributed by atoms with van der Waals surface area (Å²) in [6, 6.07) is 7.41. The van der Waals surface area contributed by atoms with Crippen molar-refractivity contribution in [2.24, 2.45) is 0 Å². The first-order valence-corrected chi connectivity index (χ1v) is 10.6. The first-order valence-electron chi connectivity index (χ1n) is 10.6. The zero-order valence-corrected chi connectivity index (χ0v) is 17.5. The maximum absolute atomic E-state index is 12.6. The minimum absolute atomic E-state index is 0.0674. The molecular weight excluding hydrogens is 368 g/mol. The molecular formula is C22H32N4O3. The molecule has 7 nitrogen and oxygen atoms in total. The van der Waals surface area contributed by atoms with Crippen LogP contribution in [0.3, 0.4) is 0 Å². The predicted molar refractivity (Wildman–Crippen MR) is 113 cm³/mol. The van der Waals surface area contributed by atoms with Gasteiger partial charge in [-0.05, 0) is 45.2 Å². The van der Waals surface area contributed by atoms with Crippen molar-refractivity contribution in [3.63, 3.8) is 0 Å². The van der Waals surface area contributed by atoms with E-state index in [2.05, 4.69) is 22.0 Å². The number of ketones is 1. The minimum Gasteiger partial charge on any atom is -0.339 e. The van der Waals surface area contributed by atoms with E-state index in [-0.39, 0.29) is 24.1 Å². The van der Waals surface area contributed by atoms with E-state index < -0.39 is 0 Å². The first-order chi connectivity index (χ1) is 13.9. The molecule has 0 bridgehead atoms. The lowest BCUT2D eigenvalue weighted by Gasteiger charge is -2.37. The van der Waals surface area contributed by atoms with Crippen molar-refractivity contribution in [2.75, 3.05) is 51.1 Å². The fourth-order valence-electron chi connectivity index (χ4n) is 4.15. The van der Waals surface area contributed by atoms with Crippen LogP contribution in [0.5, 0.6) is 0 Å². The molecule has 0 spiro atoms. The van der Waals surface area contributed by atoms with Crippen LogP contribution in [0, 0.1) is 0 Å². The minimum atomic E-state index is -0.120. The van der Waals surface area contributed by atoms with Crippen molar-refractivity contribution in [3.8, 4) is 0 Å². The third-order valence-corrected chi connectivity index (χ3v) is 5.89. The van der Waals surface area contributed by atoms with Crippen LogP contribution >= 0.6 is 0 Å². The summed E-state index contributed by atoms with van der Waals surface area (Å²) in [5.74, 6) is 0.0387. The smallest absolute Gasteiger partial charge is 0.238 e. The van der Waals surface area contributed by atoms with Crippen molar-refractivity contribution in [3.05, 3.63) is 29.8 Å². The predicted octanol–water partition coefficient (Wildman–Crippen LogP) is 1.85. The lowest BCUT2D eigenvalue weighted by molar-refractivity contribution is -0.136. The Bertz CT molecular complexity index is 743. The van der Waals surface area contributed by atoms with Gasteiger partial charge in [-0.15, -0.1) is 0 Å². The molecule has 1 atom stereocenters. The Morgan fingerprint density at radius 2 is 1.62 bits per heavy atom. The summed E-state index contributed by atoms with van der Waals surface area (Å²) in [7, 11) is 0. The fourth-order valence-corrected chi connectivity index (χ4v) is 4.15. The van der Waals surface area contributed by atoms with Gasteiger partial charge in [-0.2, -0.15) is 0 Å². The van der Waals surface area contributed by atoms with E-state index in [1.807, 2.05) is 4.90 Å². The number of hydrogen-bond donors (Lipinski definition) is 1. The Labute approximate surface area is 173 Å². The standard InChI is InChI=1S/C22H32N4O3/c1-17-7-5-6-10-26(17)22(29)16-25-13-11-24(12-14-25)15-21(28)23-20-9-4-3-8-19(20)18(2)27/h3-4,8-9,17H,5-7,10-16H2,1-2H3,(H,23,28). The van der Waals surface area contributed by atoms with E-state index in [1.54, 1.807) is 24.3 Å². The summed E-state index contributed by atoms with van der Waals surface area (Å²) in [5, 5.41) is 2.85. The molecule has 0 aliphatic carbocycles. The number of para-hydroxylation sites is 1. The lowest BCUT2D eigenvalue weighted by atomic mass is 10.0. The molecule has 7 heteroatoms. The number of nitrogens with zero attached hydrogens (tertiary/aromatic N) is 3. The fraction of sp³-hybridized carbons (Fsp3) is 0.591. The van der Waals surface area contributed by atoms with Gasteiger partial charge in [0, 0.05) is 44.3 Å². The zero-order valence-electron chi connectivity index (χ0n) is 17.5. The number of likely N-dealkylation sites (tertiary alicyclic amines) is 1. The van der Waals surface area contributed by atoms with Gasteiger partial charge >= 0.3 is 0 Å². The monoisotopic (exact) mass is 400 g/mol. The number of carbonyl (C=O) groups excluding carboxylic acids is 3. The van der Waals surface area contributed by atoms with Crippen molar-refractivity contribution in [1.29, 1.82) is 0 Å². The molecule has 1 aromatic carbocycles. The normalized spacial score (nSPS) is 21.0. The second-order valence-corrected chi connectivity index (χ2v) is 8.13. The molecule has 2 saturated heterocycles. The molecule has 0 aromatic heterocycles. The molecule has 1 aromatic rings. The third-order valence-electron chi connectivity index (χ3n) is 5.89. The van der Waals surface area contributed by atoms with E-state index >= 15 is 0 Å². The first kappa shape index (κ1) is 21.5. The van der Waals surface area contributed by atoms with Crippen LogP contribution in [0.15, 0.2) is 24.3 Å². The number of carbonyl (C=O) groups is 3. The second kappa shape index (κ2) is 9.98. The number of nitrogens with one attached hydrogen (secondary N) is 1. The van der Waals surface area contributed by atoms with E-state index in [4.69, 9.17) is 0 Å². The lowest BCUT2D eigenvalue weighted by Crippen LogP contribution is -2.53. The van der Waals surface area contributed by atoms with Gasteiger partial charge in [-0.1, -0.05) is 12.1 Å². The molecule has 3 rings (SSSR count). The molecule has 2 amide bonds. The van der Waals surface area contributed by atoms with Crippen LogP contribution in [0.4, 0.5) is 5.69 Å². The van der Waals surface area contributed by atoms with Gasteiger partial charge in [0.05, 0.1) is 18.8 Å². The second-order valence-electron chi connectivity index (χ2n) is 8.13. The molecule has 2 heterocycles. The Kier molecular flexibility index (Phi) is 7.39. The summed E-state index contributed by atoms with van der Waals surface area (Å²) in [4.78, 5) is 43.0. The van der Waals surface area contributed by atoms with E-state index in [1.165, 1.54) is 13.3 Å². The van der Waals surface area contributed by atoms with Crippen LogP contribution in [0.25, 0.3) is 0 Å². The van der Waals surface area contributed by atoms with Gasteiger partial charge in [0.1, 0.15) is 0 Å². The topological polar surface area (TPSA) is 73.0 Å². The number of anilines is 1. The number of benzene rings is 1. The Balaban J connectivity index is 1.43. The average molecular weight is 401 g/mol. The van der Waals surface area contributed by atoms with Crippen molar-refractivity contribution in [1.82, 2.24) is 14.7 Å². The summed E-state index contributed by atoms with van der Waals surface area (Å²) < 4.78 is 0. The van der Waals surface area contributed by atoms with E-state index in [9.17, 15) is 14.4 Å². The van der Waals surface area contributed by atoms with E-state index in [0.717, 1.165) is 45.6 Å². The van der Waals surface area contributed by atoms with Gasteiger partial charge in [0.15, 0.2) is 5.78 Å². The van der Waals surface area contributed by atoms with Crippen molar-refractivity contribution in [2.45, 2.75) is 39.2 Å². The molecule has 158 valence electrons. The summed E-state index contributed by atoms with van der Waals surface area (Å²) in [5.41, 5.74) is 1.08. The van der Waals surface area contributed by atoms with Crippen LogP contribution in [-0.4, -0.2) is 84.2 Å². The van der Waals surface area contributed by atoms with Gasteiger partial charge in [-0.25, -0.2) is 0 Å². The van der Waals surface area contributed by atoms with Crippen molar-refractivity contribution >= 4 is 23.3 Å². The highest BCUT2D eigenvalue weighted by Gasteiger charge is 2.26. The number of rotatable bonds is 6. The highest BCUT2D eigenvalue weighted by atomic mass is 16.2. The molecule has 1 unspecified atom stereocenters. The maximum atomic E-state index is 12.6. The average Bonchev–Trinajstić information content (AvgIpc) is 2.70.